The molecule has 0 spiro atoms. The summed E-state index contributed by atoms with van der Waals surface area (Å²) in [7, 11) is -4.14. The number of benzene rings is 1. The highest BCUT2D eigenvalue weighted by Crippen LogP contribution is 2.33. The molecule has 0 radical (unpaired) electrons. The second kappa shape index (κ2) is 6.03. The monoisotopic (exact) mass is 345 g/mol. The van der Waals surface area contributed by atoms with E-state index in [1.54, 1.807) is 0 Å². The first-order valence-corrected chi connectivity index (χ1v) is 7.61. The highest BCUT2D eigenvalue weighted by molar-refractivity contribution is 9.09. The molecule has 1 rings (SSSR count). The molecule has 0 heterocycles. The zero-order valence-electron chi connectivity index (χ0n) is 9.17. The molecule has 8 heteroatoms. The number of alkyl halides is 4. The third kappa shape index (κ3) is 3.96. The molecule has 1 N–H and O–H groups in total. The minimum absolute atomic E-state index is 0.0831. The van der Waals surface area contributed by atoms with Crippen LogP contribution in [0.3, 0.4) is 0 Å². The van der Waals surface area contributed by atoms with Crippen molar-refractivity contribution in [2.45, 2.75) is 17.5 Å². The summed E-state index contributed by atoms with van der Waals surface area (Å²) in [5.74, 6) is 0. The average molecular weight is 346 g/mol. The smallest absolute Gasteiger partial charge is 0.211 e. The van der Waals surface area contributed by atoms with Crippen molar-refractivity contribution in [3.8, 4) is 0 Å². The maximum absolute atomic E-state index is 12.7. The maximum atomic E-state index is 12.7. The minimum atomic E-state index is -4.69. The Kier molecular flexibility index (Phi) is 5.18. The van der Waals surface area contributed by atoms with E-state index in [0.717, 1.165) is 18.2 Å². The molecule has 0 fully saturated rings. The molecule has 1 aromatic rings. The van der Waals surface area contributed by atoms with Gasteiger partial charge in [0, 0.05) is 11.9 Å². The number of hydrogen-bond acceptors (Lipinski definition) is 2. The van der Waals surface area contributed by atoms with E-state index in [1.165, 1.54) is 6.07 Å². The standard InChI is InChI=1S/C10H11BrF3NO2S/c11-6-3-7-15-18(16,17)9-5-2-1-4-8(9)10(12,13)14/h1-2,4-5,15H,3,6-7H2. The van der Waals surface area contributed by atoms with Crippen LogP contribution in [-0.4, -0.2) is 20.3 Å². The SMILES string of the molecule is O=S(=O)(NCCCBr)c1ccccc1C(F)(F)F. The van der Waals surface area contributed by atoms with Crippen molar-refractivity contribution in [1.82, 2.24) is 4.72 Å². The minimum Gasteiger partial charge on any atom is -0.211 e. The van der Waals surface area contributed by atoms with Crippen LogP contribution in [0, 0.1) is 0 Å². The molecule has 0 aromatic heterocycles. The lowest BCUT2D eigenvalue weighted by atomic mass is 10.2. The second-order valence-corrected chi connectivity index (χ2v) is 5.96. The van der Waals surface area contributed by atoms with Crippen LogP contribution < -0.4 is 4.72 Å². The first-order chi connectivity index (χ1) is 8.29. The molecule has 1 aromatic carbocycles. The van der Waals surface area contributed by atoms with Gasteiger partial charge in [0.2, 0.25) is 10.0 Å². The van der Waals surface area contributed by atoms with E-state index in [9.17, 15) is 21.6 Å². The third-order valence-corrected chi connectivity index (χ3v) is 4.16. The molecule has 0 atom stereocenters. The van der Waals surface area contributed by atoms with Crippen molar-refractivity contribution in [2.24, 2.45) is 0 Å². The second-order valence-electron chi connectivity index (χ2n) is 3.43. The van der Waals surface area contributed by atoms with Gasteiger partial charge in [0.1, 0.15) is 0 Å². The van der Waals surface area contributed by atoms with Crippen molar-refractivity contribution in [2.75, 3.05) is 11.9 Å². The Balaban J connectivity index is 3.09. The molecular weight excluding hydrogens is 335 g/mol. The Morgan fingerprint density at radius 3 is 2.39 bits per heavy atom. The Bertz CT molecular complexity index is 502. The molecule has 18 heavy (non-hydrogen) atoms. The number of nitrogens with one attached hydrogen (secondary N) is 1. The van der Waals surface area contributed by atoms with Crippen molar-refractivity contribution in [3.63, 3.8) is 0 Å². The summed E-state index contributed by atoms with van der Waals surface area (Å²) in [5.41, 5.74) is -1.16. The molecule has 102 valence electrons. The van der Waals surface area contributed by atoms with E-state index >= 15 is 0 Å². The normalized spacial score (nSPS) is 12.7. The highest BCUT2D eigenvalue weighted by atomic mass is 79.9. The van der Waals surface area contributed by atoms with E-state index in [2.05, 4.69) is 20.7 Å². The van der Waals surface area contributed by atoms with E-state index in [0.29, 0.717) is 11.8 Å². The molecule has 3 nitrogen and oxygen atoms in total. The van der Waals surface area contributed by atoms with Crippen LogP contribution in [0.2, 0.25) is 0 Å². The highest BCUT2D eigenvalue weighted by Gasteiger charge is 2.36. The number of hydrogen-bond donors (Lipinski definition) is 1. The molecule has 0 aliphatic rings. The zero-order valence-corrected chi connectivity index (χ0v) is 11.6. The molecule has 0 amide bonds. The lowest BCUT2D eigenvalue weighted by Crippen LogP contribution is -2.27. The van der Waals surface area contributed by atoms with Gasteiger partial charge in [-0.05, 0) is 18.6 Å². The summed E-state index contributed by atoms with van der Waals surface area (Å²) in [6.07, 6.45) is -4.20. The predicted molar refractivity (Wildman–Crippen MR) is 65.0 cm³/mol. The summed E-state index contributed by atoms with van der Waals surface area (Å²) < 4.78 is 63.6. The van der Waals surface area contributed by atoms with E-state index in [4.69, 9.17) is 0 Å². The number of rotatable bonds is 5. The topological polar surface area (TPSA) is 46.2 Å². The van der Waals surface area contributed by atoms with Crippen molar-refractivity contribution < 1.29 is 21.6 Å². The van der Waals surface area contributed by atoms with Crippen LogP contribution in [0.1, 0.15) is 12.0 Å². The zero-order chi connectivity index (χ0) is 13.8. The van der Waals surface area contributed by atoms with Gasteiger partial charge in [-0.2, -0.15) is 13.2 Å². The van der Waals surface area contributed by atoms with Gasteiger partial charge in [-0.15, -0.1) is 0 Å². The Morgan fingerprint density at radius 2 is 1.83 bits per heavy atom. The fourth-order valence-electron chi connectivity index (χ4n) is 1.29. The van der Waals surface area contributed by atoms with Crippen LogP contribution in [-0.2, 0) is 16.2 Å². The van der Waals surface area contributed by atoms with E-state index in [-0.39, 0.29) is 6.54 Å². The van der Waals surface area contributed by atoms with Gasteiger partial charge in [-0.1, -0.05) is 28.1 Å². The Morgan fingerprint density at radius 1 is 1.22 bits per heavy atom. The van der Waals surface area contributed by atoms with Gasteiger partial charge < -0.3 is 0 Å². The number of sulfonamides is 1. The third-order valence-electron chi connectivity index (χ3n) is 2.08. The summed E-state index contributed by atoms with van der Waals surface area (Å²) in [4.78, 5) is -0.743. The largest absolute Gasteiger partial charge is 0.417 e. The fraction of sp³-hybridized carbons (Fsp3) is 0.400. The lowest BCUT2D eigenvalue weighted by Gasteiger charge is -2.13. The van der Waals surface area contributed by atoms with Crippen LogP contribution >= 0.6 is 15.9 Å². The van der Waals surface area contributed by atoms with Crippen LogP contribution in [0.5, 0.6) is 0 Å². The summed E-state index contributed by atoms with van der Waals surface area (Å²) in [6, 6.07) is 4.10. The van der Waals surface area contributed by atoms with Crippen molar-refractivity contribution >= 4 is 26.0 Å². The molecule has 0 saturated heterocycles. The summed E-state index contributed by atoms with van der Waals surface area (Å²) in [6.45, 7) is 0.0831. The molecule has 0 aliphatic carbocycles. The van der Waals surface area contributed by atoms with E-state index < -0.39 is 26.7 Å². The molecule has 0 bridgehead atoms. The van der Waals surface area contributed by atoms with Gasteiger partial charge in [-0.3, -0.25) is 0 Å². The average Bonchev–Trinajstić information content (AvgIpc) is 2.28. The number of halogens is 4. The van der Waals surface area contributed by atoms with Gasteiger partial charge >= 0.3 is 6.18 Å². The predicted octanol–water partition coefficient (Wildman–Crippen LogP) is 2.77. The first-order valence-electron chi connectivity index (χ1n) is 5.01. The quantitative estimate of drug-likeness (QED) is 0.658. The van der Waals surface area contributed by atoms with Gasteiger partial charge in [0.15, 0.2) is 0 Å². The molecular formula is C10H11BrF3NO2S. The van der Waals surface area contributed by atoms with Crippen molar-refractivity contribution in [3.05, 3.63) is 29.8 Å². The summed E-state index contributed by atoms with van der Waals surface area (Å²) in [5, 5.41) is 0.566. The van der Waals surface area contributed by atoms with Gasteiger partial charge in [0.05, 0.1) is 10.5 Å². The van der Waals surface area contributed by atoms with Crippen molar-refractivity contribution in [1.29, 1.82) is 0 Å². The van der Waals surface area contributed by atoms with E-state index in [1.807, 2.05) is 0 Å². The van der Waals surface area contributed by atoms with Crippen LogP contribution in [0.25, 0.3) is 0 Å². The lowest BCUT2D eigenvalue weighted by molar-refractivity contribution is -0.139. The molecule has 0 saturated carbocycles. The summed E-state index contributed by atoms with van der Waals surface area (Å²) >= 11 is 3.10. The molecule has 0 aliphatic heterocycles. The van der Waals surface area contributed by atoms with Crippen LogP contribution in [0.15, 0.2) is 29.2 Å². The van der Waals surface area contributed by atoms with Gasteiger partial charge in [-0.25, -0.2) is 13.1 Å². The maximum Gasteiger partial charge on any atom is 0.417 e. The fourth-order valence-corrected chi connectivity index (χ4v) is 2.87. The first kappa shape index (κ1) is 15.5. The Labute approximate surface area is 112 Å². The Hall–Kier alpha value is -0.600. The van der Waals surface area contributed by atoms with Gasteiger partial charge in [0.25, 0.3) is 0 Å². The molecule has 0 unspecified atom stereocenters. The van der Waals surface area contributed by atoms with Crippen LogP contribution in [0.4, 0.5) is 13.2 Å².